The van der Waals surface area contributed by atoms with E-state index in [4.69, 9.17) is 4.74 Å². The molecule has 5 aromatic carbocycles. The first-order valence-corrected chi connectivity index (χ1v) is 22.5. The molecule has 6 aliphatic rings. The van der Waals surface area contributed by atoms with Crippen LogP contribution in [0.2, 0.25) is 0 Å². The van der Waals surface area contributed by atoms with Crippen molar-refractivity contribution in [2.75, 3.05) is 4.90 Å². The highest BCUT2D eigenvalue weighted by atomic mass is 16.5. The molecule has 7 unspecified atom stereocenters. The smallest absolute Gasteiger partial charge is 0.130 e. The van der Waals surface area contributed by atoms with E-state index in [0.717, 1.165) is 30.0 Å². The minimum atomic E-state index is -0.123. The van der Waals surface area contributed by atoms with Crippen LogP contribution in [0.1, 0.15) is 81.0 Å². The Kier molecular flexibility index (Phi) is 8.37. The van der Waals surface area contributed by atoms with Gasteiger partial charge in [-0.1, -0.05) is 155 Å². The minimum Gasteiger partial charge on any atom is -0.461 e. The first-order valence-electron chi connectivity index (χ1n) is 22.5. The molecule has 0 amide bonds. The number of anilines is 2. The SMILES string of the molecule is CC1C=C(N(c2ccc3c(c2)C(C2C=CC=CC2)(C2CCCCC2C)c2ccccc2-3)c2ccc3c(c2)c2ccccc2n3C2C=CC=CC2)C=C2Oc3ccccc3C21. The van der Waals surface area contributed by atoms with E-state index in [0.29, 0.717) is 17.8 Å². The Bertz CT molecular complexity index is 2900. The van der Waals surface area contributed by atoms with Gasteiger partial charge in [-0.25, -0.2) is 0 Å². The fourth-order valence-electron chi connectivity index (χ4n) is 12.7. The molecular weight excluding hydrogens is 729 g/mol. The van der Waals surface area contributed by atoms with Crippen LogP contribution in [0.5, 0.6) is 5.75 Å². The zero-order valence-corrected chi connectivity index (χ0v) is 34.7. The number of rotatable bonds is 6. The van der Waals surface area contributed by atoms with Gasteiger partial charge in [-0.05, 0) is 108 Å². The highest BCUT2D eigenvalue weighted by molar-refractivity contribution is 6.09. The molecular formula is C57H52N2O. The van der Waals surface area contributed by atoms with Crippen molar-refractivity contribution in [1.82, 2.24) is 4.57 Å². The summed E-state index contributed by atoms with van der Waals surface area (Å²) < 4.78 is 9.27. The lowest BCUT2D eigenvalue weighted by Crippen LogP contribution is -2.45. The summed E-state index contributed by atoms with van der Waals surface area (Å²) in [6.07, 6.45) is 30.6. The third kappa shape index (κ3) is 5.27. The average molecular weight is 781 g/mol. The number of hydrogen-bond acceptors (Lipinski definition) is 2. The number of allylic oxidation sites excluding steroid dienone is 11. The topological polar surface area (TPSA) is 17.4 Å². The van der Waals surface area contributed by atoms with Gasteiger partial charge in [0.1, 0.15) is 11.5 Å². The fraction of sp³-hybridized carbons (Fsp3) is 0.263. The summed E-state index contributed by atoms with van der Waals surface area (Å²) in [5.41, 5.74) is 13.1. The molecule has 0 saturated heterocycles. The van der Waals surface area contributed by atoms with Gasteiger partial charge in [-0.3, -0.25) is 0 Å². The maximum absolute atomic E-state index is 6.72. The molecule has 5 aliphatic carbocycles. The number of ether oxygens (including phenoxy) is 1. The lowest BCUT2D eigenvalue weighted by atomic mass is 9.54. The van der Waals surface area contributed by atoms with Gasteiger partial charge in [0, 0.05) is 55.9 Å². The number of aromatic nitrogens is 1. The van der Waals surface area contributed by atoms with Crippen LogP contribution in [0.3, 0.4) is 0 Å². The van der Waals surface area contributed by atoms with Crippen LogP contribution < -0.4 is 9.64 Å². The van der Waals surface area contributed by atoms with Gasteiger partial charge in [-0.2, -0.15) is 0 Å². The second-order valence-electron chi connectivity index (χ2n) is 18.3. The van der Waals surface area contributed by atoms with Crippen LogP contribution in [0, 0.1) is 23.7 Å². The lowest BCUT2D eigenvalue weighted by Gasteiger charge is -2.49. The van der Waals surface area contributed by atoms with Crippen molar-refractivity contribution >= 4 is 33.2 Å². The van der Waals surface area contributed by atoms with Crippen LogP contribution >= 0.6 is 0 Å². The summed E-state index contributed by atoms with van der Waals surface area (Å²) in [5.74, 6) is 4.06. The summed E-state index contributed by atoms with van der Waals surface area (Å²) in [7, 11) is 0. The molecule has 12 rings (SSSR count). The number of hydrogen-bond donors (Lipinski definition) is 0. The average Bonchev–Trinajstić information content (AvgIpc) is 3.94. The van der Waals surface area contributed by atoms with E-state index in [-0.39, 0.29) is 23.3 Å². The molecule has 0 bridgehead atoms. The van der Waals surface area contributed by atoms with Crippen LogP contribution in [0.15, 0.2) is 181 Å². The summed E-state index contributed by atoms with van der Waals surface area (Å²) >= 11 is 0. The maximum atomic E-state index is 6.72. The van der Waals surface area contributed by atoms with E-state index in [1.807, 2.05) is 0 Å². The Hall–Kier alpha value is -6.06. The maximum Gasteiger partial charge on any atom is 0.130 e. The Balaban J connectivity index is 1.09. The van der Waals surface area contributed by atoms with Gasteiger partial charge >= 0.3 is 0 Å². The second-order valence-corrected chi connectivity index (χ2v) is 18.3. The van der Waals surface area contributed by atoms with Crippen LogP contribution in [0.4, 0.5) is 11.4 Å². The zero-order chi connectivity index (χ0) is 40.0. The van der Waals surface area contributed by atoms with Gasteiger partial charge in [-0.15, -0.1) is 0 Å². The summed E-state index contributed by atoms with van der Waals surface area (Å²) in [4.78, 5) is 2.55. The van der Waals surface area contributed by atoms with Crippen molar-refractivity contribution in [3.8, 4) is 16.9 Å². The fourth-order valence-corrected chi connectivity index (χ4v) is 12.7. The molecule has 1 saturated carbocycles. The molecule has 2 heterocycles. The van der Waals surface area contributed by atoms with E-state index in [9.17, 15) is 0 Å². The van der Waals surface area contributed by atoms with E-state index in [1.54, 1.807) is 0 Å². The van der Waals surface area contributed by atoms with E-state index < -0.39 is 0 Å². The molecule has 1 fully saturated rings. The summed E-state index contributed by atoms with van der Waals surface area (Å²) in [6, 6.07) is 42.0. The zero-order valence-electron chi connectivity index (χ0n) is 34.7. The molecule has 6 aromatic rings. The molecule has 7 atom stereocenters. The second kappa shape index (κ2) is 14.0. The Morgan fingerprint density at radius 3 is 2.28 bits per heavy atom. The molecule has 3 nitrogen and oxygen atoms in total. The van der Waals surface area contributed by atoms with Crippen molar-refractivity contribution in [3.63, 3.8) is 0 Å². The van der Waals surface area contributed by atoms with Crippen molar-refractivity contribution in [1.29, 1.82) is 0 Å². The number of fused-ring (bicyclic) bond motifs is 9. The molecule has 1 aromatic heterocycles. The predicted molar refractivity (Wildman–Crippen MR) is 249 cm³/mol. The lowest BCUT2D eigenvalue weighted by molar-refractivity contribution is 0.135. The molecule has 0 radical (unpaired) electrons. The highest BCUT2D eigenvalue weighted by Crippen LogP contribution is 2.62. The van der Waals surface area contributed by atoms with Crippen LogP contribution in [-0.4, -0.2) is 4.57 Å². The monoisotopic (exact) mass is 780 g/mol. The van der Waals surface area contributed by atoms with Gasteiger partial charge in [0.25, 0.3) is 0 Å². The number of para-hydroxylation sites is 2. The molecule has 0 spiro atoms. The standard InChI is InChI=1S/C57H52N2O/c1-37-17-9-13-25-49(37)57(39-18-5-3-6-19-39)50-26-14-10-22-44(50)45-31-29-42(35-51(45)57)58(43-33-38(2)56-47-24-12-16-28-54(47)60-55(56)36-43)41-30-32-53-48(34-41)46-23-11-15-27-52(46)59(53)40-20-7-4-8-21-40/h3-8,10-12,14-16,18,20,22-24,26-40,49,56H,9,13,17,19,21,25H2,1-2H3. The number of nitrogens with zero attached hydrogens (tertiary/aromatic N) is 2. The predicted octanol–water partition coefficient (Wildman–Crippen LogP) is 14.8. The number of benzene rings is 5. The van der Waals surface area contributed by atoms with Crippen molar-refractivity contribution in [3.05, 3.63) is 198 Å². The molecule has 3 heteroatoms. The third-order valence-corrected chi connectivity index (χ3v) is 15.2. The Morgan fingerprint density at radius 1 is 0.667 bits per heavy atom. The molecule has 60 heavy (non-hydrogen) atoms. The quantitative estimate of drug-likeness (QED) is 0.167. The first kappa shape index (κ1) is 35.8. The largest absolute Gasteiger partial charge is 0.461 e. The van der Waals surface area contributed by atoms with Gasteiger partial charge in [0.05, 0.1) is 12.0 Å². The van der Waals surface area contributed by atoms with Gasteiger partial charge in [0.2, 0.25) is 0 Å². The summed E-state index contributed by atoms with van der Waals surface area (Å²) in [5, 5.41) is 2.58. The van der Waals surface area contributed by atoms with Gasteiger partial charge in [0.15, 0.2) is 0 Å². The van der Waals surface area contributed by atoms with Gasteiger partial charge < -0.3 is 14.2 Å². The van der Waals surface area contributed by atoms with Crippen molar-refractivity contribution < 1.29 is 4.74 Å². The van der Waals surface area contributed by atoms with E-state index in [1.165, 1.54) is 86.7 Å². The Morgan fingerprint density at radius 2 is 1.42 bits per heavy atom. The Labute approximate surface area is 354 Å². The van der Waals surface area contributed by atoms with Crippen molar-refractivity contribution in [2.45, 2.75) is 69.7 Å². The van der Waals surface area contributed by atoms with Crippen molar-refractivity contribution in [2.24, 2.45) is 23.7 Å². The van der Waals surface area contributed by atoms with Crippen LogP contribution in [0.25, 0.3) is 32.9 Å². The van der Waals surface area contributed by atoms with E-state index >= 15 is 0 Å². The molecule has 1 aliphatic heterocycles. The van der Waals surface area contributed by atoms with E-state index in [2.05, 4.69) is 193 Å². The minimum absolute atomic E-state index is 0.123. The highest BCUT2D eigenvalue weighted by Gasteiger charge is 2.54. The normalized spacial score (nSPS) is 27.2. The van der Waals surface area contributed by atoms with Crippen LogP contribution in [-0.2, 0) is 5.41 Å². The third-order valence-electron chi connectivity index (χ3n) is 15.2. The summed E-state index contributed by atoms with van der Waals surface area (Å²) in [6.45, 7) is 4.91. The molecule has 296 valence electrons. The molecule has 0 N–H and O–H groups in total. The first-order chi connectivity index (χ1) is 29.6.